The number of carbonyl (C=O) groups excluding carboxylic acids is 6. The predicted octanol–water partition coefficient (Wildman–Crippen LogP) is -2.95. The van der Waals surface area contributed by atoms with Crippen LogP contribution < -0.4 is 39.8 Å². The fraction of sp³-hybridized carbons (Fsp3) is 0.714. The molecule has 1 aliphatic rings. The molecule has 2 unspecified atom stereocenters. The van der Waals surface area contributed by atoms with E-state index in [2.05, 4.69) is 14.4 Å². The van der Waals surface area contributed by atoms with Crippen LogP contribution >= 0.6 is 7.82 Å². The monoisotopic (exact) mass is 574 g/mol. The molecule has 38 heavy (non-hydrogen) atoms. The maximum atomic E-state index is 11.9. The summed E-state index contributed by atoms with van der Waals surface area (Å²) in [5.41, 5.74) is 0. The third-order valence-electron chi connectivity index (χ3n) is 4.63. The van der Waals surface area contributed by atoms with Crippen LogP contribution in [0.5, 0.6) is 0 Å². The maximum absolute atomic E-state index is 11.9. The summed E-state index contributed by atoms with van der Waals surface area (Å²) in [5.74, 6) is -3.55. The molecule has 1 aliphatic heterocycles. The van der Waals surface area contributed by atoms with Gasteiger partial charge in [-0.15, -0.1) is 5.06 Å². The molecule has 1 rings (SSSR count). The topological polar surface area (TPSA) is 204 Å². The van der Waals surface area contributed by atoms with E-state index in [-0.39, 0.29) is 87.7 Å². The molecule has 0 aromatic rings. The molecule has 0 saturated carbocycles. The molecule has 0 bridgehead atoms. The summed E-state index contributed by atoms with van der Waals surface area (Å²) in [6.45, 7) is 1.49. The number of unbranched alkanes of at least 4 members (excludes halogenated alkanes) is 1. The Bertz CT molecular complexity index is 869. The quantitative estimate of drug-likeness (QED) is 0.0572. The molecule has 0 aromatic heterocycles. The van der Waals surface area contributed by atoms with Crippen molar-refractivity contribution in [1.82, 2.24) is 10.4 Å². The largest absolute Gasteiger partial charge is 1.00 e. The molecule has 1 N–H and O–H groups in total. The SMILES string of the molecule is CCC(=O)OCC(COP(=O)([O-])OCCNC(=O)CCCCC(=O)ON1C(=O)CCC1=O)OC(=O)CC.[Na+]. The second kappa shape index (κ2) is 19.2. The molecule has 0 aromatic carbocycles. The molecule has 1 saturated heterocycles. The number of nitrogens with one attached hydrogen (secondary N) is 1. The molecule has 0 spiro atoms. The van der Waals surface area contributed by atoms with Gasteiger partial charge in [0.25, 0.3) is 19.6 Å². The minimum atomic E-state index is -4.81. The number of phosphoric acid groups is 1. The fourth-order valence-corrected chi connectivity index (χ4v) is 3.42. The van der Waals surface area contributed by atoms with Gasteiger partial charge in [0, 0.05) is 45.1 Å². The molecule has 0 radical (unpaired) electrons. The van der Waals surface area contributed by atoms with Gasteiger partial charge in [-0.1, -0.05) is 13.8 Å². The Morgan fingerprint density at radius 2 is 1.55 bits per heavy atom. The molecule has 1 heterocycles. The van der Waals surface area contributed by atoms with Gasteiger partial charge in [-0.2, -0.15) is 0 Å². The van der Waals surface area contributed by atoms with Crippen LogP contribution in [0.4, 0.5) is 0 Å². The summed E-state index contributed by atoms with van der Waals surface area (Å²) < 4.78 is 31.0. The zero-order valence-corrected chi connectivity index (χ0v) is 24.7. The van der Waals surface area contributed by atoms with E-state index in [1.807, 2.05) is 0 Å². The van der Waals surface area contributed by atoms with Crippen LogP contribution in [0.3, 0.4) is 0 Å². The normalized spacial score (nSPS) is 15.2. The van der Waals surface area contributed by atoms with Crippen molar-refractivity contribution in [2.75, 3.05) is 26.4 Å². The minimum absolute atomic E-state index is 0. The minimum Gasteiger partial charge on any atom is -0.756 e. The first-order chi connectivity index (χ1) is 17.5. The van der Waals surface area contributed by atoms with E-state index >= 15 is 0 Å². The summed E-state index contributed by atoms with van der Waals surface area (Å²) in [7, 11) is -4.81. The number of hydrogen-bond donors (Lipinski definition) is 1. The number of imide groups is 1. The summed E-state index contributed by atoms with van der Waals surface area (Å²) in [6, 6.07) is 0. The Morgan fingerprint density at radius 1 is 0.947 bits per heavy atom. The third kappa shape index (κ3) is 15.5. The number of rotatable bonds is 18. The van der Waals surface area contributed by atoms with Crippen molar-refractivity contribution in [3.8, 4) is 0 Å². The van der Waals surface area contributed by atoms with Gasteiger partial charge >= 0.3 is 47.5 Å². The van der Waals surface area contributed by atoms with Crippen LogP contribution in [-0.2, 0) is 56.7 Å². The van der Waals surface area contributed by atoms with Gasteiger partial charge in [0.1, 0.15) is 6.61 Å². The number of nitrogens with zero attached hydrogens (tertiary/aromatic N) is 1. The second-order valence-electron chi connectivity index (χ2n) is 7.68. The zero-order chi connectivity index (χ0) is 27.8. The van der Waals surface area contributed by atoms with E-state index in [0.29, 0.717) is 11.5 Å². The number of hydroxylamine groups is 2. The van der Waals surface area contributed by atoms with Crippen molar-refractivity contribution in [1.29, 1.82) is 0 Å². The van der Waals surface area contributed by atoms with Crippen molar-refractivity contribution in [3.05, 3.63) is 0 Å². The smallest absolute Gasteiger partial charge is 0.756 e. The number of carbonyl (C=O) groups is 6. The molecule has 3 amide bonds. The Morgan fingerprint density at radius 3 is 2.16 bits per heavy atom. The summed E-state index contributed by atoms with van der Waals surface area (Å²) in [6.07, 6.45) is -0.565. The van der Waals surface area contributed by atoms with Gasteiger partial charge in [0.05, 0.1) is 13.2 Å². The van der Waals surface area contributed by atoms with Crippen LogP contribution in [0.15, 0.2) is 0 Å². The molecule has 1 fully saturated rings. The van der Waals surface area contributed by atoms with Gasteiger partial charge in [-0.05, 0) is 12.8 Å². The Kier molecular flexibility index (Phi) is 18.3. The number of phosphoric ester groups is 1. The maximum Gasteiger partial charge on any atom is 1.00 e. The molecule has 2 atom stereocenters. The molecule has 17 heteroatoms. The first-order valence-corrected chi connectivity index (χ1v) is 13.2. The summed E-state index contributed by atoms with van der Waals surface area (Å²) in [5, 5.41) is 2.88. The van der Waals surface area contributed by atoms with E-state index in [4.69, 9.17) is 14.3 Å². The van der Waals surface area contributed by atoms with E-state index < -0.39 is 62.8 Å². The van der Waals surface area contributed by atoms with Gasteiger partial charge in [0.15, 0.2) is 6.10 Å². The van der Waals surface area contributed by atoms with Crippen molar-refractivity contribution in [2.45, 2.75) is 71.3 Å². The van der Waals surface area contributed by atoms with Crippen molar-refractivity contribution in [2.24, 2.45) is 0 Å². The third-order valence-corrected chi connectivity index (χ3v) is 5.60. The zero-order valence-electron chi connectivity index (χ0n) is 21.8. The standard InChI is InChI=1S/C21H33N2O13P.Na/c1-3-19(27)32-13-15(35-20(28)4-2)14-34-37(30,31)33-12-11-22-16(24)7-5-6-8-21(29)36-23-17(25)9-10-18(23)26;/h15H,3-14H2,1-2H3,(H,22,24)(H,30,31);/q;+1/p-1. The van der Waals surface area contributed by atoms with E-state index in [1.165, 1.54) is 6.92 Å². The van der Waals surface area contributed by atoms with Gasteiger partial charge in [-0.3, -0.25) is 28.5 Å². The molecule has 210 valence electrons. The molecular weight excluding hydrogens is 542 g/mol. The van der Waals surface area contributed by atoms with Crippen LogP contribution in [0.1, 0.15) is 65.2 Å². The van der Waals surface area contributed by atoms with E-state index in [1.54, 1.807) is 6.92 Å². The molecular formula is C21H32N2NaO13P. The predicted molar refractivity (Wildman–Crippen MR) is 120 cm³/mol. The van der Waals surface area contributed by atoms with Crippen molar-refractivity contribution < 1.29 is 91.1 Å². The summed E-state index contributed by atoms with van der Waals surface area (Å²) in [4.78, 5) is 85.6. The average Bonchev–Trinajstić information content (AvgIpc) is 3.17. The number of ether oxygens (including phenoxy) is 2. The van der Waals surface area contributed by atoms with Crippen LogP contribution in [0.25, 0.3) is 0 Å². The van der Waals surface area contributed by atoms with Crippen molar-refractivity contribution in [3.63, 3.8) is 0 Å². The van der Waals surface area contributed by atoms with Crippen LogP contribution in [0, 0.1) is 0 Å². The first-order valence-electron chi connectivity index (χ1n) is 11.8. The Labute approximate surface area is 242 Å². The van der Waals surface area contributed by atoms with Gasteiger partial charge in [-0.25, -0.2) is 4.79 Å². The second-order valence-corrected chi connectivity index (χ2v) is 9.09. The Balaban J connectivity index is 0.0000137. The molecule has 0 aliphatic carbocycles. The first kappa shape index (κ1) is 36.1. The number of esters is 2. The van der Waals surface area contributed by atoms with Gasteiger partial charge < -0.3 is 33.6 Å². The molecule has 15 nitrogen and oxygen atoms in total. The average molecular weight is 574 g/mol. The van der Waals surface area contributed by atoms with Crippen LogP contribution in [-0.4, -0.2) is 73.2 Å². The summed E-state index contributed by atoms with van der Waals surface area (Å²) >= 11 is 0. The van der Waals surface area contributed by atoms with Crippen LogP contribution in [0.2, 0.25) is 0 Å². The number of hydrogen-bond acceptors (Lipinski definition) is 13. The number of amides is 3. The van der Waals surface area contributed by atoms with Gasteiger partial charge in [0.2, 0.25) is 5.91 Å². The van der Waals surface area contributed by atoms with E-state index in [0.717, 1.165) is 0 Å². The Hall–Kier alpha value is -1.87. The fourth-order valence-electron chi connectivity index (χ4n) is 2.68. The van der Waals surface area contributed by atoms with Crippen molar-refractivity contribution >= 4 is 43.5 Å². The van der Waals surface area contributed by atoms with E-state index in [9.17, 15) is 38.2 Å².